The first-order valence-corrected chi connectivity index (χ1v) is 7.40. The molecule has 1 heterocycles. The number of rotatable bonds is 2. The van der Waals surface area contributed by atoms with Gasteiger partial charge in [-0.1, -0.05) is 20.8 Å². The number of benzene rings is 1. The molecule has 0 aliphatic carbocycles. The molecule has 0 radical (unpaired) electrons. The quantitative estimate of drug-likeness (QED) is 0.918. The first-order chi connectivity index (χ1) is 10.2. The zero-order chi connectivity index (χ0) is 16.5. The van der Waals surface area contributed by atoms with Crippen molar-refractivity contribution in [2.45, 2.75) is 20.8 Å². The van der Waals surface area contributed by atoms with E-state index in [9.17, 15) is 18.4 Å². The van der Waals surface area contributed by atoms with E-state index in [1.165, 1.54) is 18.2 Å². The molecule has 0 spiro atoms. The molecule has 116 valence electrons. The SMILES string of the molecule is CC(C)(C)C(=O)/C=c1/[nH]c(=O)/c(=C/c2ccc(F)cc2F)s1. The molecule has 2 rings (SSSR count). The number of thiazole rings is 1. The zero-order valence-corrected chi connectivity index (χ0v) is 13.2. The molecule has 0 aliphatic heterocycles. The van der Waals surface area contributed by atoms with Crippen LogP contribution in [-0.4, -0.2) is 10.8 Å². The van der Waals surface area contributed by atoms with Crippen molar-refractivity contribution in [1.29, 1.82) is 0 Å². The molecule has 0 saturated carbocycles. The highest BCUT2D eigenvalue weighted by molar-refractivity contribution is 7.07. The number of Topliss-reactive ketones (excluding diaryl/α,β-unsaturated/α-hetero) is 1. The lowest BCUT2D eigenvalue weighted by atomic mass is 9.91. The molecule has 3 nitrogen and oxygen atoms in total. The normalized spacial score (nSPS) is 13.7. The van der Waals surface area contributed by atoms with E-state index >= 15 is 0 Å². The number of carbonyl (C=O) groups excluding carboxylic acids is 1. The Morgan fingerprint density at radius 3 is 2.55 bits per heavy atom. The van der Waals surface area contributed by atoms with Crippen molar-refractivity contribution in [3.05, 3.63) is 54.9 Å². The molecular formula is C16H15F2NO2S. The lowest BCUT2D eigenvalue weighted by Gasteiger charge is -2.12. The maximum atomic E-state index is 13.6. The molecular weight excluding hydrogens is 308 g/mol. The molecule has 1 N–H and O–H groups in total. The number of carbonyl (C=O) groups is 1. The van der Waals surface area contributed by atoms with Crippen LogP contribution >= 0.6 is 11.3 Å². The van der Waals surface area contributed by atoms with E-state index in [4.69, 9.17) is 0 Å². The Morgan fingerprint density at radius 2 is 1.95 bits per heavy atom. The molecule has 0 bridgehead atoms. The summed E-state index contributed by atoms with van der Waals surface area (Å²) in [5.74, 6) is -1.55. The van der Waals surface area contributed by atoms with Crippen LogP contribution in [0.4, 0.5) is 8.78 Å². The van der Waals surface area contributed by atoms with E-state index in [1.54, 1.807) is 20.8 Å². The van der Waals surface area contributed by atoms with Gasteiger partial charge in [0.05, 0.1) is 9.20 Å². The molecule has 0 fully saturated rings. The Balaban J connectivity index is 2.51. The van der Waals surface area contributed by atoms with Crippen molar-refractivity contribution in [2.75, 3.05) is 0 Å². The lowest BCUT2D eigenvalue weighted by Crippen LogP contribution is -2.22. The van der Waals surface area contributed by atoms with Crippen molar-refractivity contribution in [3.8, 4) is 0 Å². The summed E-state index contributed by atoms with van der Waals surface area (Å²) in [4.78, 5) is 26.3. The first-order valence-electron chi connectivity index (χ1n) is 6.59. The van der Waals surface area contributed by atoms with Crippen LogP contribution < -0.4 is 14.8 Å². The van der Waals surface area contributed by atoms with E-state index in [1.807, 2.05) is 0 Å². The summed E-state index contributed by atoms with van der Waals surface area (Å²) in [5, 5.41) is 0. The molecule has 0 aliphatic rings. The third-order valence-corrected chi connectivity index (χ3v) is 3.89. The second kappa shape index (κ2) is 5.96. The van der Waals surface area contributed by atoms with Crippen LogP contribution in [0.3, 0.4) is 0 Å². The van der Waals surface area contributed by atoms with E-state index in [0.717, 1.165) is 23.5 Å². The molecule has 0 amide bonds. The first kappa shape index (κ1) is 16.3. The largest absolute Gasteiger partial charge is 0.313 e. The van der Waals surface area contributed by atoms with Crippen LogP contribution in [0.1, 0.15) is 26.3 Å². The second-order valence-corrected chi connectivity index (χ2v) is 6.94. The summed E-state index contributed by atoms with van der Waals surface area (Å²) in [7, 11) is 0. The van der Waals surface area contributed by atoms with Gasteiger partial charge in [0.15, 0.2) is 5.78 Å². The predicted octanol–water partition coefficient (Wildman–Crippen LogP) is 1.94. The zero-order valence-electron chi connectivity index (χ0n) is 12.4. The smallest absolute Gasteiger partial charge is 0.266 e. The number of hydrogen-bond acceptors (Lipinski definition) is 3. The number of aromatic nitrogens is 1. The maximum absolute atomic E-state index is 13.6. The number of hydrogen-bond donors (Lipinski definition) is 1. The van der Waals surface area contributed by atoms with E-state index < -0.39 is 22.6 Å². The van der Waals surface area contributed by atoms with Crippen molar-refractivity contribution in [2.24, 2.45) is 5.41 Å². The molecule has 0 saturated heterocycles. The van der Waals surface area contributed by atoms with Gasteiger partial charge in [-0.3, -0.25) is 9.59 Å². The molecule has 0 atom stereocenters. The molecule has 6 heteroatoms. The number of H-pyrrole nitrogens is 1. The molecule has 1 aromatic heterocycles. The Kier molecular flexibility index (Phi) is 4.42. The molecule has 1 aromatic carbocycles. The van der Waals surface area contributed by atoms with Crippen molar-refractivity contribution >= 4 is 29.3 Å². The highest BCUT2D eigenvalue weighted by Crippen LogP contribution is 2.14. The minimum Gasteiger partial charge on any atom is -0.313 e. The number of ketones is 1. The molecule has 2 aromatic rings. The summed E-state index contributed by atoms with van der Waals surface area (Å²) in [6, 6.07) is 3.13. The monoisotopic (exact) mass is 323 g/mol. The van der Waals surface area contributed by atoms with Gasteiger partial charge in [0.2, 0.25) is 0 Å². The second-order valence-electron chi connectivity index (χ2n) is 5.85. The van der Waals surface area contributed by atoms with Crippen molar-refractivity contribution < 1.29 is 13.6 Å². The van der Waals surface area contributed by atoms with Gasteiger partial charge in [-0.25, -0.2) is 8.78 Å². The van der Waals surface area contributed by atoms with Crippen LogP contribution in [-0.2, 0) is 4.79 Å². The number of halogens is 2. The molecule has 22 heavy (non-hydrogen) atoms. The van der Waals surface area contributed by atoms with Gasteiger partial charge >= 0.3 is 0 Å². The minimum atomic E-state index is -0.746. The summed E-state index contributed by atoms with van der Waals surface area (Å²) in [6.45, 7) is 5.33. The van der Waals surface area contributed by atoms with Gasteiger partial charge in [-0.2, -0.15) is 0 Å². The average Bonchev–Trinajstić information content (AvgIpc) is 2.72. The van der Waals surface area contributed by atoms with E-state index in [-0.39, 0.29) is 15.9 Å². The maximum Gasteiger partial charge on any atom is 0.266 e. The highest BCUT2D eigenvalue weighted by atomic mass is 32.1. The number of nitrogens with one attached hydrogen (secondary N) is 1. The number of aromatic amines is 1. The predicted molar refractivity (Wildman–Crippen MR) is 83.0 cm³/mol. The fourth-order valence-corrected chi connectivity index (χ4v) is 2.50. The topological polar surface area (TPSA) is 49.9 Å². The Morgan fingerprint density at radius 1 is 1.27 bits per heavy atom. The van der Waals surface area contributed by atoms with Crippen LogP contribution in [0.15, 0.2) is 23.0 Å². The van der Waals surface area contributed by atoms with Gasteiger partial charge in [0.1, 0.15) is 11.6 Å². The summed E-state index contributed by atoms with van der Waals surface area (Å²) in [5.41, 5.74) is -0.850. The van der Waals surface area contributed by atoms with Crippen LogP contribution in [0.25, 0.3) is 12.2 Å². The van der Waals surface area contributed by atoms with Crippen LogP contribution in [0.5, 0.6) is 0 Å². The highest BCUT2D eigenvalue weighted by Gasteiger charge is 2.18. The Hall–Kier alpha value is -2.08. The van der Waals surface area contributed by atoms with E-state index in [0.29, 0.717) is 4.66 Å². The minimum absolute atomic E-state index is 0.113. The van der Waals surface area contributed by atoms with Gasteiger partial charge in [0, 0.05) is 23.1 Å². The summed E-state index contributed by atoms with van der Waals surface area (Å²) in [6.07, 6.45) is 2.70. The van der Waals surface area contributed by atoms with Gasteiger partial charge in [-0.05, 0) is 18.2 Å². The fourth-order valence-electron chi connectivity index (χ4n) is 1.62. The third kappa shape index (κ3) is 3.76. The van der Waals surface area contributed by atoms with Crippen molar-refractivity contribution in [1.82, 2.24) is 4.98 Å². The molecule has 0 unspecified atom stereocenters. The average molecular weight is 323 g/mol. The van der Waals surface area contributed by atoms with Gasteiger partial charge < -0.3 is 4.98 Å². The van der Waals surface area contributed by atoms with Crippen molar-refractivity contribution in [3.63, 3.8) is 0 Å². The van der Waals surface area contributed by atoms with E-state index in [2.05, 4.69) is 4.98 Å². The van der Waals surface area contributed by atoms with Crippen LogP contribution in [0, 0.1) is 17.0 Å². The Labute approximate surface area is 129 Å². The summed E-state index contributed by atoms with van der Waals surface area (Å²) < 4.78 is 27.1. The summed E-state index contributed by atoms with van der Waals surface area (Å²) >= 11 is 1.05. The van der Waals surface area contributed by atoms with Crippen LogP contribution in [0.2, 0.25) is 0 Å². The standard InChI is InChI=1S/C16H15F2NO2S/c1-16(2,3)13(20)8-14-19-15(21)12(22-14)6-9-4-5-10(17)7-11(9)18/h4-8H,1-3H3,(H,19,21)/b12-6-,14-8-. The van der Waals surface area contributed by atoms with Gasteiger partial charge in [-0.15, -0.1) is 11.3 Å². The lowest BCUT2D eigenvalue weighted by molar-refractivity contribution is -0.119. The Bertz CT molecular complexity index is 888. The fraction of sp³-hybridized carbons (Fsp3) is 0.250. The third-order valence-electron chi connectivity index (χ3n) is 2.93. The van der Waals surface area contributed by atoms with Gasteiger partial charge in [0.25, 0.3) is 5.56 Å².